The molecule has 1 aromatic carbocycles. The summed E-state index contributed by atoms with van der Waals surface area (Å²) in [5, 5.41) is 3.29. The zero-order chi connectivity index (χ0) is 16.2. The number of ether oxygens (including phenoxy) is 1. The van der Waals surface area contributed by atoms with Gasteiger partial charge in [-0.3, -0.25) is 0 Å². The molecule has 2 N–H and O–H groups in total. The molecule has 0 spiro atoms. The van der Waals surface area contributed by atoms with E-state index in [1.165, 1.54) is 25.3 Å². The lowest BCUT2D eigenvalue weighted by Crippen LogP contribution is -2.38. The van der Waals surface area contributed by atoms with Crippen LogP contribution >= 0.6 is 24.0 Å². The van der Waals surface area contributed by atoms with E-state index in [1.807, 2.05) is 0 Å². The Bertz CT molecular complexity index is 646. The zero-order valence-corrected chi connectivity index (χ0v) is 15.1. The van der Waals surface area contributed by atoms with Crippen molar-refractivity contribution >= 4 is 40.0 Å². The molecule has 1 aliphatic heterocycles. The van der Waals surface area contributed by atoms with E-state index in [4.69, 9.17) is 11.6 Å². The summed E-state index contributed by atoms with van der Waals surface area (Å²) in [6, 6.07) is 3.96. The number of carbonyl (C=O) groups is 1. The van der Waals surface area contributed by atoms with Crippen molar-refractivity contribution in [2.75, 3.05) is 26.7 Å². The molecule has 0 amide bonds. The van der Waals surface area contributed by atoms with Crippen LogP contribution in [0.4, 0.5) is 0 Å². The maximum absolute atomic E-state index is 12.3. The van der Waals surface area contributed by atoms with Crippen molar-refractivity contribution in [2.45, 2.75) is 17.7 Å². The first-order valence-corrected chi connectivity index (χ1v) is 8.88. The SMILES string of the molecule is COC(=O)c1ccc(S(=O)(=O)NCC2CCCNC2)cc1Cl.Cl. The summed E-state index contributed by atoms with van der Waals surface area (Å²) in [7, 11) is -2.41. The van der Waals surface area contributed by atoms with Gasteiger partial charge in [-0.1, -0.05) is 11.6 Å². The summed E-state index contributed by atoms with van der Waals surface area (Å²) >= 11 is 5.95. The maximum atomic E-state index is 12.3. The first-order chi connectivity index (χ1) is 10.4. The van der Waals surface area contributed by atoms with Crippen molar-refractivity contribution < 1.29 is 17.9 Å². The fraction of sp³-hybridized carbons (Fsp3) is 0.500. The van der Waals surface area contributed by atoms with Gasteiger partial charge in [0.15, 0.2) is 0 Å². The molecule has 0 bridgehead atoms. The highest BCUT2D eigenvalue weighted by molar-refractivity contribution is 7.89. The molecular formula is C14H20Cl2N2O4S. The van der Waals surface area contributed by atoms with Crippen LogP contribution in [0.25, 0.3) is 0 Å². The summed E-state index contributed by atoms with van der Waals surface area (Å²) in [5.41, 5.74) is 0.139. The molecule has 23 heavy (non-hydrogen) atoms. The largest absolute Gasteiger partial charge is 0.465 e. The second kappa shape index (κ2) is 8.84. The number of carbonyl (C=O) groups excluding carboxylic acids is 1. The molecule has 9 heteroatoms. The van der Waals surface area contributed by atoms with E-state index >= 15 is 0 Å². The average molecular weight is 383 g/mol. The average Bonchev–Trinajstić information content (AvgIpc) is 2.53. The highest BCUT2D eigenvalue weighted by atomic mass is 35.5. The van der Waals surface area contributed by atoms with Crippen LogP contribution in [0.2, 0.25) is 5.02 Å². The number of halogens is 2. The fourth-order valence-corrected chi connectivity index (χ4v) is 3.81. The molecule has 0 radical (unpaired) electrons. The molecule has 1 atom stereocenters. The molecule has 6 nitrogen and oxygen atoms in total. The summed E-state index contributed by atoms with van der Waals surface area (Å²) < 4.78 is 31.7. The van der Waals surface area contributed by atoms with E-state index in [1.54, 1.807) is 0 Å². The quantitative estimate of drug-likeness (QED) is 0.758. The lowest BCUT2D eigenvalue weighted by molar-refractivity contribution is 0.0601. The minimum atomic E-state index is -3.65. The number of methoxy groups -OCH3 is 1. The van der Waals surface area contributed by atoms with E-state index in [0.29, 0.717) is 6.54 Å². The van der Waals surface area contributed by atoms with E-state index in [9.17, 15) is 13.2 Å². The van der Waals surface area contributed by atoms with Crippen LogP contribution in [0.1, 0.15) is 23.2 Å². The van der Waals surface area contributed by atoms with Crippen molar-refractivity contribution in [1.29, 1.82) is 0 Å². The molecule has 0 aromatic heterocycles. The number of nitrogens with one attached hydrogen (secondary N) is 2. The Hall–Kier alpha value is -0.860. The van der Waals surface area contributed by atoms with Gasteiger partial charge >= 0.3 is 5.97 Å². The van der Waals surface area contributed by atoms with Crippen molar-refractivity contribution in [2.24, 2.45) is 5.92 Å². The highest BCUT2D eigenvalue weighted by Gasteiger charge is 2.20. The van der Waals surface area contributed by atoms with Gasteiger partial charge in [0.1, 0.15) is 0 Å². The number of rotatable bonds is 5. The molecule has 1 saturated heterocycles. The summed E-state index contributed by atoms with van der Waals surface area (Å²) in [6.45, 7) is 2.17. The number of piperidine rings is 1. The molecular weight excluding hydrogens is 363 g/mol. The molecule has 1 heterocycles. The van der Waals surface area contributed by atoms with Gasteiger partial charge in [0.05, 0.1) is 22.6 Å². The minimum Gasteiger partial charge on any atom is -0.465 e. The number of esters is 1. The highest BCUT2D eigenvalue weighted by Crippen LogP contribution is 2.22. The Morgan fingerprint density at radius 1 is 1.48 bits per heavy atom. The second-order valence-electron chi connectivity index (χ2n) is 5.20. The first-order valence-electron chi connectivity index (χ1n) is 7.02. The monoisotopic (exact) mass is 382 g/mol. The summed E-state index contributed by atoms with van der Waals surface area (Å²) in [6.07, 6.45) is 2.05. The maximum Gasteiger partial charge on any atom is 0.339 e. The molecule has 0 aliphatic carbocycles. The molecule has 1 aliphatic rings. The Morgan fingerprint density at radius 3 is 2.78 bits per heavy atom. The summed E-state index contributed by atoms with van der Waals surface area (Å²) in [5.74, 6) is -0.316. The normalized spacial score (nSPS) is 18.1. The van der Waals surface area contributed by atoms with Crippen molar-refractivity contribution in [3.63, 3.8) is 0 Å². The van der Waals surface area contributed by atoms with E-state index in [-0.39, 0.29) is 33.8 Å². The summed E-state index contributed by atoms with van der Waals surface area (Å²) in [4.78, 5) is 11.5. The van der Waals surface area contributed by atoms with Gasteiger partial charge in [0.25, 0.3) is 0 Å². The number of hydrogen-bond acceptors (Lipinski definition) is 5. The Morgan fingerprint density at radius 2 is 2.22 bits per heavy atom. The Labute approximate surface area is 147 Å². The Balaban J connectivity index is 0.00000264. The second-order valence-corrected chi connectivity index (χ2v) is 7.37. The topological polar surface area (TPSA) is 84.5 Å². The van der Waals surface area contributed by atoms with Gasteiger partial charge in [0.2, 0.25) is 10.0 Å². The Kier molecular flexibility index (Phi) is 7.76. The van der Waals surface area contributed by atoms with Crippen LogP contribution in [0.5, 0.6) is 0 Å². The zero-order valence-electron chi connectivity index (χ0n) is 12.7. The molecule has 2 rings (SSSR count). The standard InChI is InChI=1S/C14H19ClN2O4S.ClH/c1-21-14(18)12-5-4-11(7-13(12)15)22(19,20)17-9-10-3-2-6-16-8-10;/h4-5,7,10,16-17H,2-3,6,8-9H2,1H3;1H. The minimum absolute atomic E-state index is 0. The van der Waals surface area contributed by atoms with E-state index < -0.39 is 16.0 Å². The van der Waals surface area contributed by atoms with Gasteiger partial charge in [0, 0.05) is 6.54 Å². The van der Waals surface area contributed by atoms with Crippen molar-refractivity contribution in [1.82, 2.24) is 10.0 Å². The van der Waals surface area contributed by atoms with Crippen LogP contribution < -0.4 is 10.0 Å². The first kappa shape index (κ1) is 20.2. The third-order valence-electron chi connectivity index (χ3n) is 3.62. The smallest absolute Gasteiger partial charge is 0.339 e. The van der Waals surface area contributed by atoms with Crippen LogP contribution in [0, 0.1) is 5.92 Å². The lowest BCUT2D eigenvalue weighted by atomic mass is 10.0. The van der Waals surface area contributed by atoms with Gasteiger partial charge < -0.3 is 10.1 Å². The van der Waals surface area contributed by atoms with Crippen LogP contribution in [0.15, 0.2) is 23.1 Å². The van der Waals surface area contributed by atoms with Gasteiger partial charge in [-0.2, -0.15) is 0 Å². The molecule has 1 fully saturated rings. The molecule has 1 aromatic rings. The molecule has 130 valence electrons. The molecule has 1 unspecified atom stereocenters. The van der Waals surface area contributed by atoms with Crippen LogP contribution in [-0.4, -0.2) is 41.1 Å². The molecule has 0 saturated carbocycles. The predicted octanol–water partition coefficient (Wildman–Crippen LogP) is 1.83. The van der Waals surface area contributed by atoms with E-state index in [2.05, 4.69) is 14.8 Å². The third-order valence-corrected chi connectivity index (χ3v) is 5.35. The van der Waals surface area contributed by atoms with Crippen molar-refractivity contribution in [3.05, 3.63) is 28.8 Å². The van der Waals surface area contributed by atoms with E-state index in [0.717, 1.165) is 25.9 Å². The van der Waals surface area contributed by atoms with Gasteiger partial charge in [-0.05, 0) is 50.0 Å². The van der Waals surface area contributed by atoms with Crippen LogP contribution in [-0.2, 0) is 14.8 Å². The number of sulfonamides is 1. The van der Waals surface area contributed by atoms with Crippen molar-refractivity contribution in [3.8, 4) is 0 Å². The fourth-order valence-electron chi connectivity index (χ4n) is 2.35. The lowest BCUT2D eigenvalue weighted by Gasteiger charge is -2.22. The van der Waals surface area contributed by atoms with Gasteiger partial charge in [-0.15, -0.1) is 12.4 Å². The van der Waals surface area contributed by atoms with Gasteiger partial charge in [-0.25, -0.2) is 17.9 Å². The number of benzene rings is 1. The van der Waals surface area contributed by atoms with Crippen LogP contribution in [0.3, 0.4) is 0 Å². The third kappa shape index (κ3) is 5.32. The number of hydrogen-bond donors (Lipinski definition) is 2. The predicted molar refractivity (Wildman–Crippen MR) is 90.8 cm³/mol.